The van der Waals surface area contributed by atoms with E-state index in [-0.39, 0.29) is 79.3 Å². The molecule has 3 saturated heterocycles. The minimum Gasteiger partial charge on any atom is -0.508 e. The molecule has 0 spiro atoms. The topological polar surface area (TPSA) is 257 Å². The largest absolute Gasteiger partial charge is 0.522 e. The number of hydrogen-bond acceptors (Lipinski definition) is 19. The van der Waals surface area contributed by atoms with Crippen molar-refractivity contribution in [3.63, 3.8) is 0 Å². The van der Waals surface area contributed by atoms with E-state index >= 15 is 0 Å². The molecule has 0 atom stereocenters. The second-order valence-corrected chi connectivity index (χ2v) is 44.1. The van der Waals surface area contributed by atoms with Crippen LogP contribution in [-0.2, 0) is 19.7 Å². The van der Waals surface area contributed by atoms with Gasteiger partial charge in [-0.2, -0.15) is 62.7 Å². The standard InChI is InChI=1S/C26H28F4N2O6.C20H30S4.C12H18O2.C7H16S2Si.C6H5NO3.CHF3O3S.CH4/c27-25(28,37-23-13-9-21(10-14-23)31(33)34)19-5-1-17(2-6-19)18-3-7-20(8-4-18)26(29,30)38-24-15-11-22(12-16-24)32(35)36;1-11-21-19(22-12-1)17-7-3-15(4-8-17)16-5-9-18(10-6-16)20-23-13-2-14-24-20;13-11-5-1-9(2-6-11)10-3-7-12(14)8-4-10;1-10(2,3)7-8-5-4-6-9-7;8-6-3-1-5(2-4-6)7(9)10;2-1(3,4)8(5,6)7;/h9-20H,1-8H2;15-16H,1-14H2;9-10H,1-8H2;7H,4-6H2,1-3H3;1-4,8H;(H,5,6,7);1H4. The van der Waals surface area contributed by atoms with Crippen LogP contribution in [0.4, 0.5) is 47.8 Å². The smallest absolute Gasteiger partial charge is 0.508 e. The average Bonchev–Trinajstić information content (AvgIpc) is 0.807. The van der Waals surface area contributed by atoms with Crippen LogP contribution in [0.25, 0.3) is 0 Å². The van der Waals surface area contributed by atoms with Crippen molar-refractivity contribution in [2.75, 3.05) is 34.5 Å². The Hall–Kier alpha value is -4.18. The summed E-state index contributed by atoms with van der Waals surface area (Å²) in [5, 5.41) is 40.2. The summed E-state index contributed by atoms with van der Waals surface area (Å²) < 4.78 is 131. The highest BCUT2D eigenvalue weighted by atomic mass is 32.2. The van der Waals surface area contributed by atoms with Crippen LogP contribution in [0.1, 0.15) is 181 Å². The number of hydrogen-bond donors (Lipinski definition) is 2. The highest BCUT2D eigenvalue weighted by Crippen LogP contribution is 2.51. The maximum absolute atomic E-state index is 14.8. The van der Waals surface area contributed by atoms with E-state index in [4.69, 9.17) is 27.6 Å². The fourth-order valence-electron chi connectivity index (χ4n) is 14.6. The van der Waals surface area contributed by atoms with E-state index < -0.39 is 62.5 Å². The van der Waals surface area contributed by atoms with Crippen LogP contribution >= 0.6 is 70.6 Å². The maximum atomic E-state index is 14.8. The van der Waals surface area contributed by atoms with E-state index in [0.29, 0.717) is 37.2 Å². The molecule has 17 nitrogen and oxygen atoms in total. The number of ketones is 2. The lowest BCUT2D eigenvalue weighted by Crippen LogP contribution is -2.40. The minimum absolute atomic E-state index is 0. The van der Waals surface area contributed by atoms with Crippen molar-refractivity contribution in [3.8, 4) is 17.2 Å². The number of rotatable bonds is 13. The number of ether oxygens (including phenoxy) is 2. The Labute approximate surface area is 639 Å². The zero-order valence-electron chi connectivity index (χ0n) is 59.1. The average molecular weight is 1630 g/mol. The first-order chi connectivity index (χ1) is 49.1. The number of allylic oxidation sites excluding steroid dienone is 2. The van der Waals surface area contributed by atoms with Crippen LogP contribution in [0, 0.1) is 77.7 Å². The second-order valence-electron chi connectivity index (χ2n) is 28.9. The third-order valence-corrected chi connectivity index (χ3v) is 35.8. The van der Waals surface area contributed by atoms with Crippen molar-refractivity contribution in [3.05, 3.63) is 123 Å². The summed E-state index contributed by atoms with van der Waals surface area (Å²) in [5.41, 5.74) is -2.33. The zero-order valence-corrected chi connectivity index (χ0v) is 65.8. The van der Waals surface area contributed by atoms with E-state index in [2.05, 4.69) is 90.2 Å². The number of non-ortho nitro benzene ring substituents is 3. The molecule has 12 rings (SSSR count). The van der Waals surface area contributed by atoms with Gasteiger partial charge in [-0.15, -0.1) is 47.0 Å². The molecule has 9 aliphatic rings. The molecular formula is C73H102F7N3O14S7Si. The molecule has 9 fully saturated rings. The van der Waals surface area contributed by atoms with Gasteiger partial charge in [0, 0.05) is 74.8 Å². The summed E-state index contributed by atoms with van der Waals surface area (Å²) >= 11 is 13.0. The Morgan fingerprint density at radius 1 is 0.438 bits per heavy atom. The van der Waals surface area contributed by atoms with Crippen molar-refractivity contribution in [2.45, 2.75) is 222 Å². The number of thioether (sulfide) groups is 6. The fraction of sp³-hybridized carbons (Fsp3) is 0.671. The number of nitro groups is 3. The van der Waals surface area contributed by atoms with Gasteiger partial charge in [-0.25, -0.2) is 0 Å². The minimum atomic E-state index is -5.84. The van der Waals surface area contributed by atoms with Gasteiger partial charge in [-0.05, 0) is 254 Å². The summed E-state index contributed by atoms with van der Waals surface area (Å²) in [7, 11) is -6.67. The zero-order chi connectivity index (χ0) is 75.8. The van der Waals surface area contributed by atoms with Crippen molar-refractivity contribution >= 4 is 117 Å². The molecule has 3 aromatic rings. The predicted octanol–water partition coefficient (Wildman–Crippen LogP) is 23.2. The van der Waals surface area contributed by atoms with Gasteiger partial charge in [-0.1, -0.05) is 38.2 Å². The summed E-state index contributed by atoms with van der Waals surface area (Å²) in [6, 6.07) is 14.1. The van der Waals surface area contributed by atoms with Gasteiger partial charge < -0.3 is 14.6 Å². The lowest BCUT2D eigenvalue weighted by Gasteiger charge is -2.40. The number of halogens is 7. The molecule has 3 aromatic carbocycles. The van der Waals surface area contributed by atoms with Crippen LogP contribution in [-0.4, -0.2) is 109 Å². The number of carbonyl (C=O) groups excluding carboxylic acids is 2. The lowest BCUT2D eigenvalue weighted by atomic mass is 9.69. The summed E-state index contributed by atoms with van der Waals surface area (Å²) in [6.07, 6.45) is 19.6. The summed E-state index contributed by atoms with van der Waals surface area (Å²) in [4.78, 5) is 51.9. The first kappa shape index (κ1) is 89.7. The van der Waals surface area contributed by atoms with Gasteiger partial charge >= 0.3 is 27.8 Å². The number of nitrogens with zero attached hydrogens (tertiary/aromatic N) is 3. The van der Waals surface area contributed by atoms with Crippen molar-refractivity contribution in [1.29, 1.82) is 0 Å². The third kappa shape index (κ3) is 29.9. The van der Waals surface area contributed by atoms with Gasteiger partial charge in [0.15, 0.2) is 0 Å². The van der Waals surface area contributed by atoms with Crippen LogP contribution in [0.2, 0.25) is 19.6 Å². The van der Waals surface area contributed by atoms with Crippen molar-refractivity contribution < 1.29 is 82.6 Å². The molecule has 0 unspecified atom stereocenters. The lowest BCUT2D eigenvalue weighted by molar-refractivity contribution is -0.385. The molecule has 0 amide bonds. The quantitative estimate of drug-likeness (QED) is 0.0402. The van der Waals surface area contributed by atoms with Gasteiger partial charge in [0.05, 0.1) is 34.7 Å². The molecule has 105 heavy (non-hydrogen) atoms. The SMILES string of the molecule is C.C1CSC(=C2CCC(C3CCC(=C4SCCCS4)CC3)CC2)SC1.C[Si](C)(C)C1SCCCS1.O=C1CCC(C2CCC(=O)CC2)CC1.O=S(=O)(O)C(F)(F)F.O=[N+]([O-])c1ccc(O)cc1.O=[N+]([O-])c1ccc(OC(F)(F)C2CCC(C3CCC(C(F)(F)Oc4ccc([N+](=O)[O-])cc4)CC3)CC2)cc1. The Morgan fingerprint density at radius 3 is 0.952 bits per heavy atom. The maximum Gasteiger partial charge on any atom is 0.522 e. The molecule has 0 aromatic heterocycles. The van der Waals surface area contributed by atoms with Crippen molar-refractivity contribution in [1.82, 2.24) is 0 Å². The Morgan fingerprint density at radius 2 is 0.695 bits per heavy atom. The van der Waals surface area contributed by atoms with E-state index in [1.165, 1.54) is 129 Å². The molecule has 0 bridgehead atoms. The van der Waals surface area contributed by atoms with Crippen LogP contribution in [0.3, 0.4) is 0 Å². The van der Waals surface area contributed by atoms with Gasteiger partial charge in [0.25, 0.3) is 17.1 Å². The molecule has 32 heteroatoms. The number of phenolic OH excluding ortho intramolecular Hbond substituents is 1. The van der Waals surface area contributed by atoms with Gasteiger partial charge in [0.2, 0.25) is 0 Å². The number of carbonyl (C=O) groups is 2. The van der Waals surface area contributed by atoms with Crippen LogP contribution < -0.4 is 9.47 Å². The molecule has 588 valence electrons. The molecule has 6 saturated carbocycles. The Balaban J connectivity index is 0.000000219. The first-order valence-electron chi connectivity index (χ1n) is 36.0. The molecule has 3 aliphatic heterocycles. The molecule has 2 N–H and O–H groups in total. The predicted molar refractivity (Wildman–Crippen MR) is 415 cm³/mol. The monoisotopic (exact) mass is 1630 g/mol. The number of aromatic hydroxyl groups is 1. The highest BCUT2D eigenvalue weighted by molar-refractivity contribution is 8.23. The van der Waals surface area contributed by atoms with E-state index in [1.807, 2.05) is 11.1 Å². The Bertz CT molecular complexity index is 3230. The molecule has 3 heterocycles. The van der Waals surface area contributed by atoms with Gasteiger partial charge in [-0.3, -0.25) is 44.5 Å². The number of nitro benzene ring substituents is 3. The summed E-state index contributed by atoms with van der Waals surface area (Å²) in [6.45, 7) is 7.43. The van der Waals surface area contributed by atoms with E-state index in [1.54, 1.807) is 8.47 Å². The number of benzene rings is 3. The van der Waals surface area contributed by atoms with E-state index in [9.17, 15) is 70.7 Å². The normalized spacial score (nSPS) is 24.1. The van der Waals surface area contributed by atoms with Crippen LogP contribution in [0.15, 0.2) is 92.4 Å². The first-order valence-corrected chi connectivity index (χ1v) is 47.0. The molecule has 6 aliphatic carbocycles. The van der Waals surface area contributed by atoms with E-state index in [0.717, 1.165) is 128 Å². The second kappa shape index (κ2) is 42.9. The highest BCUT2D eigenvalue weighted by Gasteiger charge is 2.49. The molecular weight excluding hydrogens is 1530 g/mol. The Kier molecular flexibility index (Phi) is 36.6. The third-order valence-electron chi connectivity index (χ3n) is 20.5. The number of phenols is 1. The molecule has 0 radical (unpaired) electrons. The van der Waals surface area contributed by atoms with Gasteiger partial charge in [0.1, 0.15) is 28.8 Å². The van der Waals surface area contributed by atoms with Crippen LogP contribution in [0.5, 0.6) is 17.2 Å². The summed E-state index contributed by atoms with van der Waals surface area (Å²) in [5.74, 6) is 10.8. The van der Waals surface area contributed by atoms with Crippen molar-refractivity contribution in [2.24, 2.45) is 47.3 Å². The number of alkyl halides is 7. The fourth-order valence-corrected chi connectivity index (χ4v) is 27.1. The number of Topliss-reactive ketones (excluding diaryl/α,β-unsaturated/α-hetero) is 2.